The minimum atomic E-state index is -3.76. The summed E-state index contributed by atoms with van der Waals surface area (Å²) in [5.74, 6) is -0.337. The van der Waals surface area contributed by atoms with Crippen LogP contribution in [0.1, 0.15) is 0 Å². The van der Waals surface area contributed by atoms with Crippen molar-refractivity contribution >= 4 is 74.3 Å². The van der Waals surface area contributed by atoms with Crippen LogP contribution in [-0.4, -0.2) is 20.9 Å². The number of anilines is 2. The van der Waals surface area contributed by atoms with Gasteiger partial charge in [-0.1, -0.05) is 23.2 Å². The molecule has 23 heavy (non-hydrogen) atoms. The molecule has 2 rings (SSSR count). The second kappa shape index (κ2) is 8.18. The van der Waals surface area contributed by atoms with Gasteiger partial charge in [0, 0.05) is 11.4 Å². The van der Waals surface area contributed by atoms with Crippen LogP contribution in [-0.2, 0) is 14.8 Å². The Morgan fingerprint density at radius 1 is 1.17 bits per heavy atom. The molecule has 6 nitrogen and oxygen atoms in total. The van der Waals surface area contributed by atoms with Crippen LogP contribution in [0.5, 0.6) is 0 Å². The molecule has 1 heterocycles. The lowest BCUT2D eigenvalue weighted by atomic mass is 10.3. The highest BCUT2D eigenvalue weighted by Gasteiger charge is 2.19. The molecule has 0 fully saturated rings. The van der Waals surface area contributed by atoms with Gasteiger partial charge in [-0.25, -0.2) is 8.42 Å². The summed E-state index contributed by atoms with van der Waals surface area (Å²) in [6, 6.07) is 7.42. The number of carbonyl (C=O) groups is 1. The molecule has 0 atom stereocenters. The first-order valence-electron chi connectivity index (χ1n) is 5.89. The van der Waals surface area contributed by atoms with Crippen molar-refractivity contribution in [2.24, 2.45) is 5.73 Å². The molecule has 0 saturated carbocycles. The molecular weight excluding hydrogens is 405 g/mol. The number of halogens is 3. The van der Waals surface area contributed by atoms with E-state index in [1.807, 2.05) is 0 Å². The number of sulfonamides is 1. The Bertz CT molecular complexity index is 772. The smallest absolute Gasteiger partial charge is 0.271 e. The van der Waals surface area contributed by atoms with Crippen molar-refractivity contribution < 1.29 is 13.2 Å². The maximum Gasteiger partial charge on any atom is 0.271 e. The summed E-state index contributed by atoms with van der Waals surface area (Å²) < 4.78 is 27.0. The van der Waals surface area contributed by atoms with Crippen LogP contribution in [0.4, 0.5) is 11.4 Å². The molecule has 1 aromatic carbocycles. The fourth-order valence-electron chi connectivity index (χ4n) is 1.50. The third kappa shape index (κ3) is 5.23. The highest BCUT2D eigenvalue weighted by atomic mass is 35.5. The van der Waals surface area contributed by atoms with Gasteiger partial charge in [-0.05, 0) is 30.3 Å². The number of nitrogens with one attached hydrogen (secondary N) is 2. The van der Waals surface area contributed by atoms with Crippen LogP contribution in [0.2, 0.25) is 9.36 Å². The maximum atomic E-state index is 12.2. The molecule has 0 saturated heterocycles. The first kappa shape index (κ1) is 20.0. The van der Waals surface area contributed by atoms with E-state index in [2.05, 4.69) is 10.0 Å². The zero-order valence-corrected chi connectivity index (χ0v) is 15.3. The lowest BCUT2D eigenvalue weighted by molar-refractivity contribution is -0.114. The Morgan fingerprint density at radius 3 is 2.22 bits per heavy atom. The van der Waals surface area contributed by atoms with Gasteiger partial charge < -0.3 is 11.1 Å². The minimum Gasteiger partial charge on any atom is -0.325 e. The second-order valence-corrected chi connectivity index (χ2v) is 8.09. The number of carbonyl (C=O) groups excluding carboxylic acids is 1. The lowest BCUT2D eigenvalue weighted by Crippen LogP contribution is -2.21. The quantitative estimate of drug-likeness (QED) is 0.696. The third-order valence-electron chi connectivity index (χ3n) is 2.49. The molecule has 2 aromatic rings. The first-order valence-corrected chi connectivity index (χ1v) is 8.95. The summed E-state index contributed by atoms with van der Waals surface area (Å²) in [4.78, 5) is 11.1. The van der Waals surface area contributed by atoms with Crippen molar-refractivity contribution in [2.75, 3.05) is 16.6 Å². The van der Waals surface area contributed by atoms with Crippen molar-refractivity contribution in [2.45, 2.75) is 4.21 Å². The highest BCUT2D eigenvalue weighted by molar-refractivity contribution is 7.94. The van der Waals surface area contributed by atoms with Gasteiger partial charge >= 0.3 is 0 Å². The molecule has 0 radical (unpaired) electrons. The monoisotopic (exact) mass is 415 g/mol. The molecule has 0 unspecified atom stereocenters. The molecule has 1 amide bonds. The van der Waals surface area contributed by atoms with Crippen molar-refractivity contribution in [1.29, 1.82) is 0 Å². The maximum absolute atomic E-state index is 12.2. The SMILES string of the molecule is Cl.NCC(=O)Nc1ccc(NS(=O)(=O)c2cc(Cl)c(Cl)s2)cc1. The van der Waals surface area contributed by atoms with E-state index in [0.29, 0.717) is 11.4 Å². The van der Waals surface area contributed by atoms with E-state index < -0.39 is 10.0 Å². The molecule has 0 spiro atoms. The molecule has 126 valence electrons. The van der Waals surface area contributed by atoms with Gasteiger partial charge in [-0.3, -0.25) is 9.52 Å². The van der Waals surface area contributed by atoms with Crippen LogP contribution >= 0.6 is 46.9 Å². The molecule has 0 aliphatic heterocycles. The number of nitrogens with two attached hydrogens (primary N) is 1. The Balaban J connectivity index is 0.00000264. The van der Waals surface area contributed by atoms with Crippen molar-refractivity contribution in [3.8, 4) is 0 Å². The first-order chi connectivity index (χ1) is 10.3. The molecule has 0 aliphatic carbocycles. The predicted molar refractivity (Wildman–Crippen MR) is 96.5 cm³/mol. The number of benzene rings is 1. The van der Waals surface area contributed by atoms with E-state index in [1.54, 1.807) is 12.1 Å². The van der Waals surface area contributed by atoms with E-state index >= 15 is 0 Å². The van der Waals surface area contributed by atoms with Gasteiger partial charge in [0.05, 0.1) is 11.6 Å². The van der Waals surface area contributed by atoms with Gasteiger partial charge in [-0.2, -0.15) is 0 Å². The lowest BCUT2D eigenvalue weighted by Gasteiger charge is -2.08. The largest absolute Gasteiger partial charge is 0.325 e. The number of hydrogen-bond donors (Lipinski definition) is 3. The van der Waals surface area contributed by atoms with E-state index in [4.69, 9.17) is 28.9 Å². The van der Waals surface area contributed by atoms with Gasteiger partial charge in [0.1, 0.15) is 8.55 Å². The summed E-state index contributed by atoms with van der Waals surface area (Å²) in [6.07, 6.45) is 0. The van der Waals surface area contributed by atoms with Crippen LogP contribution in [0.15, 0.2) is 34.5 Å². The van der Waals surface area contributed by atoms with Crippen LogP contribution in [0.3, 0.4) is 0 Å². The van der Waals surface area contributed by atoms with Crippen LogP contribution < -0.4 is 15.8 Å². The summed E-state index contributed by atoms with van der Waals surface area (Å²) >= 11 is 12.4. The van der Waals surface area contributed by atoms with Crippen LogP contribution in [0, 0.1) is 0 Å². The Labute approximate surface area is 153 Å². The minimum absolute atomic E-state index is 0. The summed E-state index contributed by atoms with van der Waals surface area (Å²) in [5.41, 5.74) is 6.04. The second-order valence-electron chi connectivity index (χ2n) is 4.12. The zero-order chi connectivity index (χ0) is 16.3. The van der Waals surface area contributed by atoms with E-state index in [-0.39, 0.29) is 38.4 Å². The summed E-state index contributed by atoms with van der Waals surface area (Å²) in [6.45, 7) is -0.131. The summed E-state index contributed by atoms with van der Waals surface area (Å²) in [5, 5.41) is 2.74. The standard InChI is InChI=1S/C12H11Cl2N3O3S2.ClH/c13-9-5-11(21-12(9)14)22(19,20)17-8-3-1-7(2-4-8)16-10(18)6-15;/h1-5,17H,6,15H2,(H,16,18);1H. The molecule has 0 aliphatic rings. The molecule has 0 bridgehead atoms. The van der Waals surface area contributed by atoms with Gasteiger partial charge in [-0.15, -0.1) is 23.7 Å². The average molecular weight is 417 g/mol. The number of thiophene rings is 1. The van der Waals surface area contributed by atoms with Crippen molar-refractivity contribution in [3.63, 3.8) is 0 Å². The van der Waals surface area contributed by atoms with Gasteiger partial charge in [0.25, 0.3) is 10.0 Å². The third-order valence-corrected chi connectivity index (χ3v) is 6.21. The van der Waals surface area contributed by atoms with Crippen molar-refractivity contribution in [3.05, 3.63) is 39.7 Å². The number of amides is 1. The van der Waals surface area contributed by atoms with Crippen molar-refractivity contribution in [1.82, 2.24) is 0 Å². The van der Waals surface area contributed by atoms with E-state index in [0.717, 1.165) is 11.3 Å². The molecule has 1 aromatic heterocycles. The Morgan fingerprint density at radius 2 is 1.74 bits per heavy atom. The molecular formula is C12H12Cl3N3O3S2. The fourth-order valence-corrected chi connectivity index (χ4v) is 4.44. The number of rotatable bonds is 5. The molecule has 11 heteroatoms. The average Bonchev–Trinajstić information content (AvgIpc) is 2.81. The Hall–Kier alpha value is -1.03. The van der Waals surface area contributed by atoms with E-state index in [1.165, 1.54) is 18.2 Å². The summed E-state index contributed by atoms with van der Waals surface area (Å²) in [7, 11) is -3.76. The topological polar surface area (TPSA) is 101 Å². The predicted octanol–water partition coefficient (Wildman–Crippen LogP) is 3.17. The molecule has 4 N–H and O–H groups in total. The van der Waals surface area contributed by atoms with Gasteiger partial charge in [0.15, 0.2) is 0 Å². The normalized spacial score (nSPS) is 10.7. The van der Waals surface area contributed by atoms with E-state index in [9.17, 15) is 13.2 Å². The number of hydrogen-bond acceptors (Lipinski definition) is 5. The van der Waals surface area contributed by atoms with Crippen LogP contribution in [0.25, 0.3) is 0 Å². The zero-order valence-electron chi connectivity index (χ0n) is 11.4. The fraction of sp³-hybridized carbons (Fsp3) is 0.0833. The Kier molecular flexibility index (Phi) is 7.12. The van der Waals surface area contributed by atoms with Gasteiger partial charge in [0.2, 0.25) is 5.91 Å². The highest BCUT2D eigenvalue weighted by Crippen LogP contribution is 2.35.